The van der Waals surface area contributed by atoms with Crippen LogP contribution in [0.15, 0.2) is 48.5 Å². The number of hydrogen-bond donors (Lipinski definition) is 1. The van der Waals surface area contributed by atoms with Gasteiger partial charge < -0.3 is 9.47 Å². The molecule has 1 fully saturated rings. The molecule has 0 radical (unpaired) electrons. The van der Waals surface area contributed by atoms with Crippen molar-refractivity contribution >= 4 is 11.9 Å². The maximum absolute atomic E-state index is 13.3. The van der Waals surface area contributed by atoms with Crippen molar-refractivity contribution < 1.29 is 23.0 Å². The summed E-state index contributed by atoms with van der Waals surface area (Å²) in [6.45, 7) is 3.06. The molecule has 0 aliphatic carbocycles. The van der Waals surface area contributed by atoms with Crippen LogP contribution in [0.2, 0.25) is 0 Å². The first kappa shape index (κ1) is 19.9. The number of ether oxygens (including phenoxy) is 2. The number of hydrogen-bond acceptors (Lipinski definition) is 5. The van der Waals surface area contributed by atoms with Gasteiger partial charge in [-0.2, -0.15) is 0 Å². The van der Waals surface area contributed by atoms with E-state index in [-0.39, 0.29) is 36.1 Å². The van der Waals surface area contributed by atoms with Crippen LogP contribution in [-0.2, 0) is 14.3 Å². The minimum atomic E-state index is -0.497. The molecule has 3 rings (SSSR count). The van der Waals surface area contributed by atoms with Crippen molar-refractivity contribution in [3.05, 3.63) is 71.3 Å². The lowest BCUT2D eigenvalue weighted by atomic mass is 9.93. The largest absolute Gasteiger partial charge is 0.481 e. The number of rotatable bonds is 7. The zero-order valence-corrected chi connectivity index (χ0v) is 15.5. The lowest BCUT2D eigenvalue weighted by molar-refractivity contribution is -0.157. The molecule has 7 heteroatoms. The summed E-state index contributed by atoms with van der Waals surface area (Å²) >= 11 is 0. The molecule has 2 aromatic carbocycles. The molecule has 0 unspecified atom stereocenters. The normalized spacial score (nSPS) is 14.6. The average Bonchev–Trinajstić information content (AvgIpc) is 2.62. The number of nitrogens with one attached hydrogen (secondary N) is 1. The van der Waals surface area contributed by atoms with Crippen LogP contribution in [0.4, 0.5) is 8.78 Å². The highest BCUT2D eigenvalue weighted by Gasteiger charge is 2.36. The van der Waals surface area contributed by atoms with E-state index < -0.39 is 5.97 Å². The van der Waals surface area contributed by atoms with Crippen LogP contribution in [0.5, 0.6) is 0 Å². The summed E-state index contributed by atoms with van der Waals surface area (Å²) < 4.78 is 37.0. The molecule has 0 atom stereocenters. The summed E-state index contributed by atoms with van der Waals surface area (Å²) in [6, 6.07) is 12.2. The molecule has 0 bridgehead atoms. The van der Waals surface area contributed by atoms with Gasteiger partial charge in [0.2, 0.25) is 0 Å². The Bertz CT molecular complexity index is 773. The van der Waals surface area contributed by atoms with Crippen molar-refractivity contribution in [2.45, 2.75) is 25.5 Å². The maximum Gasteiger partial charge on any atom is 0.315 e. The Kier molecular flexibility index (Phi) is 6.36. The highest BCUT2D eigenvalue weighted by atomic mass is 19.1. The predicted octanol–water partition coefficient (Wildman–Crippen LogP) is 3.69. The Labute approximate surface area is 162 Å². The second kappa shape index (κ2) is 8.93. The molecule has 0 saturated carbocycles. The summed E-state index contributed by atoms with van der Waals surface area (Å²) in [5, 5.41) is 7.51. The zero-order chi connectivity index (χ0) is 20.1. The Morgan fingerprint density at radius 3 is 2.04 bits per heavy atom. The van der Waals surface area contributed by atoms with Crippen molar-refractivity contribution in [2.75, 3.05) is 19.7 Å². The molecular weight excluding hydrogens is 366 g/mol. The monoisotopic (exact) mass is 388 g/mol. The molecule has 5 nitrogen and oxygen atoms in total. The van der Waals surface area contributed by atoms with Gasteiger partial charge in [-0.15, -0.1) is 0 Å². The number of carbonyl (C=O) groups is 1. The first-order chi connectivity index (χ1) is 13.5. The van der Waals surface area contributed by atoms with Gasteiger partial charge in [-0.25, -0.2) is 8.78 Å². The number of esters is 1. The van der Waals surface area contributed by atoms with Gasteiger partial charge in [0.15, 0.2) is 5.90 Å². The zero-order valence-electron chi connectivity index (χ0n) is 15.5. The number of carbonyl (C=O) groups excluding carboxylic acids is 1. The molecule has 2 aromatic rings. The van der Waals surface area contributed by atoms with Gasteiger partial charge >= 0.3 is 5.97 Å². The van der Waals surface area contributed by atoms with E-state index in [9.17, 15) is 13.6 Å². The van der Waals surface area contributed by atoms with Crippen LogP contribution in [0, 0.1) is 17.0 Å². The fourth-order valence-electron chi connectivity index (χ4n) is 3.24. The quantitative estimate of drug-likeness (QED) is 0.446. The van der Waals surface area contributed by atoms with E-state index in [1.165, 1.54) is 24.3 Å². The van der Waals surface area contributed by atoms with E-state index in [1.807, 2.05) is 0 Å². The molecule has 1 saturated heterocycles. The average molecular weight is 388 g/mol. The molecule has 1 aliphatic rings. The lowest BCUT2D eigenvalue weighted by Crippen LogP contribution is -2.54. The molecule has 0 spiro atoms. The van der Waals surface area contributed by atoms with Crippen LogP contribution < -0.4 is 0 Å². The first-order valence-corrected chi connectivity index (χ1v) is 9.11. The SMILES string of the molecule is CCOC(=N)CC(=O)OC1CN(C(c2ccc(F)cc2)c2ccc(F)cc2)C1. The topological polar surface area (TPSA) is 62.6 Å². The van der Waals surface area contributed by atoms with Crippen molar-refractivity contribution in [2.24, 2.45) is 0 Å². The van der Waals surface area contributed by atoms with Gasteiger partial charge in [0.05, 0.1) is 12.6 Å². The lowest BCUT2D eigenvalue weighted by Gasteiger charge is -2.44. The third-order valence-electron chi connectivity index (χ3n) is 4.53. The van der Waals surface area contributed by atoms with Crippen LogP contribution in [0.3, 0.4) is 0 Å². The van der Waals surface area contributed by atoms with E-state index in [1.54, 1.807) is 31.2 Å². The third kappa shape index (κ3) is 4.92. The molecule has 1 aliphatic heterocycles. The van der Waals surface area contributed by atoms with Gasteiger partial charge in [-0.05, 0) is 42.3 Å². The van der Waals surface area contributed by atoms with Gasteiger partial charge in [-0.3, -0.25) is 15.1 Å². The Morgan fingerprint density at radius 1 is 1.07 bits per heavy atom. The van der Waals surface area contributed by atoms with Crippen LogP contribution in [0.1, 0.15) is 30.5 Å². The van der Waals surface area contributed by atoms with Crippen LogP contribution >= 0.6 is 0 Å². The number of likely N-dealkylation sites (tertiary alicyclic amines) is 1. The van der Waals surface area contributed by atoms with Gasteiger partial charge in [0, 0.05) is 13.1 Å². The highest BCUT2D eigenvalue weighted by molar-refractivity contribution is 5.92. The molecular formula is C21H22F2N2O3. The molecule has 0 aromatic heterocycles. The van der Waals surface area contributed by atoms with Crippen molar-refractivity contribution in [1.29, 1.82) is 5.41 Å². The summed E-state index contributed by atoms with van der Waals surface area (Å²) in [6.07, 6.45) is -0.478. The first-order valence-electron chi connectivity index (χ1n) is 9.11. The van der Waals surface area contributed by atoms with Gasteiger partial charge in [0.25, 0.3) is 0 Å². The van der Waals surface area contributed by atoms with E-state index in [2.05, 4.69) is 4.90 Å². The summed E-state index contributed by atoms with van der Waals surface area (Å²) in [5.74, 6) is -1.26. The number of benzene rings is 2. The van der Waals surface area contributed by atoms with Crippen molar-refractivity contribution in [3.63, 3.8) is 0 Å². The van der Waals surface area contributed by atoms with Crippen molar-refractivity contribution in [1.82, 2.24) is 4.90 Å². The fourth-order valence-corrected chi connectivity index (χ4v) is 3.24. The Morgan fingerprint density at radius 2 is 1.57 bits per heavy atom. The summed E-state index contributed by atoms with van der Waals surface area (Å²) in [4.78, 5) is 14.0. The Balaban J connectivity index is 1.66. The van der Waals surface area contributed by atoms with Gasteiger partial charge in [0.1, 0.15) is 24.2 Å². The molecule has 0 amide bonds. The Hall–Kier alpha value is -2.80. The van der Waals surface area contributed by atoms with Gasteiger partial charge in [-0.1, -0.05) is 24.3 Å². The van der Waals surface area contributed by atoms with E-state index >= 15 is 0 Å². The molecule has 148 valence electrons. The minimum absolute atomic E-state index is 0.112. The summed E-state index contributed by atoms with van der Waals surface area (Å²) in [7, 11) is 0. The molecule has 1 heterocycles. The standard InChI is InChI=1S/C21H22F2N2O3/c1-2-27-19(24)11-20(26)28-18-12-25(13-18)21(14-3-7-16(22)8-4-14)15-5-9-17(23)10-6-15/h3-10,18,21,24H,2,11-13H2,1H3. The third-order valence-corrected chi connectivity index (χ3v) is 4.53. The van der Waals surface area contributed by atoms with Crippen LogP contribution in [0.25, 0.3) is 0 Å². The van der Waals surface area contributed by atoms with Crippen molar-refractivity contribution in [3.8, 4) is 0 Å². The fraction of sp³-hybridized carbons (Fsp3) is 0.333. The number of nitrogens with zero attached hydrogens (tertiary/aromatic N) is 1. The maximum atomic E-state index is 13.3. The molecule has 28 heavy (non-hydrogen) atoms. The highest BCUT2D eigenvalue weighted by Crippen LogP contribution is 2.33. The smallest absolute Gasteiger partial charge is 0.315 e. The second-order valence-corrected chi connectivity index (χ2v) is 6.60. The number of halogens is 2. The second-order valence-electron chi connectivity index (χ2n) is 6.60. The molecule has 1 N–H and O–H groups in total. The van der Waals surface area contributed by atoms with E-state index in [4.69, 9.17) is 14.9 Å². The van der Waals surface area contributed by atoms with Crippen LogP contribution in [-0.4, -0.2) is 42.6 Å². The van der Waals surface area contributed by atoms with E-state index in [0.717, 1.165) is 11.1 Å². The minimum Gasteiger partial charge on any atom is -0.481 e. The summed E-state index contributed by atoms with van der Waals surface area (Å²) in [5.41, 5.74) is 1.74. The van der Waals surface area contributed by atoms with E-state index in [0.29, 0.717) is 19.7 Å². The predicted molar refractivity (Wildman–Crippen MR) is 100 cm³/mol.